The number of hydrogen-bond donors (Lipinski definition) is 2. The molecule has 0 saturated carbocycles. The number of hydrogen-bond acceptors (Lipinski definition) is 7. The summed E-state index contributed by atoms with van der Waals surface area (Å²) in [4.78, 5) is 39.2. The summed E-state index contributed by atoms with van der Waals surface area (Å²) in [6.45, 7) is 3.58. The van der Waals surface area contributed by atoms with Gasteiger partial charge in [-0.2, -0.15) is 0 Å². The Morgan fingerprint density at radius 3 is 2.79 bits per heavy atom. The first-order valence-electron chi connectivity index (χ1n) is 11.3. The number of nitrogens with zero attached hydrogens (tertiary/aromatic N) is 5. The van der Waals surface area contributed by atoms with Gasteiger partial charge in [-0.15, -0.1) is 0 Å². The van der Waals surface area contributed by atoms with Gasteiger partial charge in [-0.05, 0) is 38.4 Å². The molecule has 0 radical (unpaired) electrons. The molecule has 5 heterocycles. The van der Waals surface area contributed by atoms with Gasteiger partial charge in [0.2, 0.25) is 5.91 Å². The number of rotatable bonds is 6. The minimum atomic E-state index is -0.445. The van der Waals surface area contributed by atoms with Crippen molar-refractivity contribution >= 4 is 22.8 Å². The number of halogens is 1. The average Bonchev–Trinajstić information content (AvgIpc) is 2.82. The third kappa shape index (κ3) is 4.91. The fourth-order valence-electron chi connectivity index (χ4n) is 4.47. The molecule has 3 aromatic heterocycles. The summed E-state index contributed by atoms with van der Waals surface area (Å²) in [5.41, 5.74) is 1.98. The van der Waals surface area contributed by atoms with E-state index in [1.807, 2.05) is 0 Å². The van der Waals surface area contributed by atoms with Crippen LogP contribution in [0.5, 0.6) is 0 Å². The highest BCUT2D eigenvalue weighted by Gasteiger charge is 2.20. The van der Waals surface area contributed by atoms with Crippen LogP contribution in [0.1, 0.15) is 30.7 Å². The molecule has 0 spiro atoms. The molecule has 0 atom stereocenters. The second-order valence-corrected chi connectivity index (χ2v) is 8.59. The number of carbonyl (C=O) groups is 1. The second kappa shape index (κ2) is 9.32. The van der Waals surface area contributed by atoms with Crippen LogP contribution >= 0.6 is 0 Å². The van der Waals surface area contributed by atoms with E-state index in [9.17, 15) is 14.0 Å². The van der Waals surface area contributed by atoms with Crippen molar-refractivity contribution in [2.24, 2.45) is 0 Å². The van der Waals surface area contributed by atoms with E-state index in [1.54, 1.807) is 16.8 Å². The normalized spacial score (nSPS) is 17.2. The molecule has 0 bridgehead atoms. The van der Waals surface area contributed by atoms with E-state index in [4.69, 9.17) is 0 Å². The van der Waals surface area contributed by atoms with Gasteiger partial charge in [-0.3, -0.25) is 14.6 Å². The molecule has 2 aliphatic rings. The topological polar surface area (TPSA) is 105 Å². The number of anilines is 1. The third-order valence-corrected chi connectivity index (χ3v) is 6.37. The van der Waals surface area contributed by atoms with Crippen LogP contribution in [0.25, 0.3) is 11.0 Å². The minimum Gasteiger partial charge on any atom is -0.310 e. The predicted molar refractivity (Wildman–Crippen MR) is 121 cm³/mol. The molecule has 1 saturated heterocycles. The Kier molecular flexibility index (Phi) is 6.10. The van der Waals surface area contributed by atoms with E-state index in [2.05, 4.69) is 30.5 Å². The number of aromatic nitrogens is 4. The Hall–Kier alpha value is -3.24. The molecular weight excluding hydrogens is 425 g/mol. The highest BCUT2D eigenvalue weighted by molar-refractivity contribution is 5.92. The number of nitrogens with one attached hydrogen (secondary N) is 2. The maximum absolute atomic E-state index is 13.7. The first-order valence-corrected chi connectivity index (χ1v) is 11.3. The van der Waals surface area contributed by atoms with Gasteiger partial charge in [0.1, 0.15) is 17.5 Å². The van der Waals surface area contributed by atoms with Crippen LogP contribution in [-0.2, 0) is 24.3 Å². The van der Waals surface area contributed by atoms with Crippen molar-refractivity contribution in [2.45, 2.75) is 44.8 Å². The summed E-state index contributed by atoms with van der Waals surface area (Å²) in [6, 6.07) is 4.84. The summed E-state index contributed by atoms with van der Waals surface area (Å²) >= 11 is 0. The lowest BCUT2D eigenvalue weighted by molar-refractivity contribution is -0.116. The molecule has 9 nitrogen and oxygen atoms in total. The zero-order valence-electron chi connectivity index (χ0n) is 18.3. The summed E-state index contributed by atoms with van der Waals surface area (Å²) in [7, 11) is 0. The second-order valence-electron chi connectivity index (χ2n) is 8.59. The molecule has 5 rings (SSSR count). The van der Waals surface area contributed by atoms with Crippen LogP contribution in [-0.4, -0.2) is 56.0 Å². The highest BCUT2D eigenvalue weighted by atomic mass is 19.1. The molecule has 3 aromatic rings. The fraction of sp³-hybridized carbons (Fsp3) is 0.435. The lowest BCUT2D eigenvalue weighted by Gasteiger charge is -2.32. The molecule has 1 amide bonds. The quantitative estimate of drug-likeness (QED) is 0.585. The standard InChI is InChI=1S/C23H26FN7O2/c24-16-11-19-18(26-13-16)2-4-22(33)31(19)10-9-30-7-5-17(6-8-30)25-14-20-27-12-15-1-3-21(32)29-23(15)28-20/h2,4,11-13,17,25H,1,3,5-10,14H2,(H,27,28,29,32). The monoisotopic (exact) mass is 451 g/mol. The number of likely N-dealkylation sites (tertiary alicyclic amines) is 1. The van der Waals surface area contributed by atoms with Crippen LogP contribution in [0.15, 0.2) is 35.4 Å². The Morgan fingerprint density at radius 2 is 1.94 bits per heavy atom. The summed E-state index contributed by atoms with van der Waals surface area (Å²) in [5, 5.41) is 6.34. The number of pyridine rings is 2. The first kappa shape index (κ1) is 21.6. The van der Waals surface area contributed by atoms with Gasteiger partial charge < -0.3 is 20.1 Å². The molecule has 0 unspecified atom stereocenters. The number of carbonyl (C=O) groups excluding carboxylic acids is 1. The van der Waals surface area contributed by atoms with Gasteiger partial charge >= 0.3 is 0 Å². The van der Waals surface area contributed by atoms with Crippen molar-refractivity contribution in [2.75, 3.05) is 25.0 Å². The fourth-order valence-corrected chi connectivity index (χ4v) is 4.47. The maximum Gasteiger partial charge on any atom is 0.251 e. The summed E-state index contributed by atoms with van der Waals surface area (Å²) < 4.78 is 15.3. The molecule has 0 aromatic carbocycles. The molecule has 1 fully saturated rings. The molecule has 10 heteroatoms. The summed E-state index contributed by atoms with van der Waals surface area (Å²) in [5.74, 6) is 0.861. The summed E-state index contributed by atoms with van der Waals surface area (Å²) in [6.07, 6.45) is 6.09. The van der Waals surface area contributed by atoms with E-state index in [-0.39, 0.29) is 11.5 Å². The van der Waals surface area contributed by atoms with Crippen molar-refractivity contribution in [1.29, 1.82) is 0 Å². The smallest absolute Gasteiger partial charge is 0.251 e. The van der Waals surface area contributed by atoms with Gasteiger partial charge in [0.05, 0.1) is 23.8 Å². The van der Waals surface area contributed by atoms with Crippen molar-refractivity contribution in [3.8, 4) is 0 Å². The number of amides is 1. The van der Waals surface area contributed by atoms with Gasteiger partial charge in [0.25, 0.3) is 5.56 Å². The van der Waals surface area contributed by atoms with Crippen molar-refractivity contribution in [3.63, 3.8) is 0 Å². The number of fused-ring (bicyclic) bond motifs is 2. The molecule has 0 aliphatic carbocycles. The van der Waals surface area contributed by atoms with Crippen LogP contribution in [0, 0.1) is 5.82 Å². The molecule has 2 aliphatic heterocycles. The number of piperidine rings is 1. The largest absolute Gasteiger partial charge is 0.310 e. The Balaban J connectivity index is 1.13. The average molecular weight is 452 g/mol. The highest BCUT2D eigenvalue weighted by Crippen LogP contribution is 2.19. The zero-order valence-corrected chi connectivity index (χ0v) is 18.3. The van der Waals surface area contributed by atoms with Gasteiger partial charge in [0, 0.05) is 49.4 Å². The van der Waals surface area contributed by atoms with Gasteiger partial charge in [0.15, 0.2) is 0 Å². The maximum atomic E-state index is 13.7. The molecule has 172 valence electrons. The van der Waals surface area contributed by atoms with Crippen molar-refractivity contribution < 1.29 is 9.18 Å². The van der Waals surface area contributed by atoms with Crippen LogP contribution in [0.2, 0.25) is 0 Å². The Labute approximate surface area is 190 Å². The molecular formula is C23H26FN7O2. The minimum absolute atomic E-state index is 0.000331. The predicted octanol–water partition coefficient (Wildman–Crippen LogP) is 1.46. The Morgan fingerprint density at radius 1 is 1.09 bits per heavy atom. The lowest BCUT2D eigenvalue weighted by atomic mass is 10.1. The van der Waals surface area contributed by atoms with Crippen molar-refractivity contribution in [3.05, 3.63) is 58.2 Å². The van der Waals surface area contributed by atoms with Gasteiger partial charge in [-0.25, -0.2) is 14.4 Å². The van der Waals surface area contributed by atoms with Crippen molar-refractivity contribution in [1.82, 2.24) is 29.7 Å². The zero-order chi connectivity index (χ0) is 22.8. The van der Waals surface area contributed by atoms with E-state index in [1.165, 1.54) is 18.3 Å². The third-order valence-electron chi connectivity index (χ3n) is 6.37. The Bertz CT molecular complexity index is 1240. The van der Waals surface area contributed by atoms with E-state index >= 15 is 0 Å². The van der Waals surface area contributed by atoms with Crippen LogP contribution in [0.3, 0.4) is 0 Å². The van der Waals surface area contributed by atoms with E-state index in [0.717, 1.165) is 38.0 Å². The van der Waals surface area contributed by atoms with Gasteiger partial charge in [-0.1, -0.05) is 0 Å². The lowest BCUT2D eigenvalue weighted by Crippen LogP contribution is -2.43. The SMILES string of the molecule is O=C1CCc2cnc(CNC3CCN(CCn4c(=O)ccc5ncc(F)cc54)CC3)nc2N1. The number of aryl methyl sites for hydroxylation is 1. The van der Waals surface area contributed by atoms with E-state index < -0.39 is 5.82 Å². The molecule has 33 heavy (non-hydrogen) atoms. The first-order chi connectivity index (χ1) is 16.0. The van der Waals surface area contributed by atoms with Crippen LogP contribution in [0.4, 0.5) is 10.2 Å². The van der Waals surface area contributed by atoms with E-state index in [0.29, 0.717) is 54.6 Å². The molecule has 2 N–H and O–H groups in total. The van der Waals surface area contributed by atoms with Crippen LogP contribution < -0.4 is 16.2 Å².